The SMILES string of the molecule is CCCCCC(O)C(C)[N+](=O)[O-]. The first kappa shape index (κ1) is 11.4. The molecule has 0 radical (unpaired) electrons. The summed E-state index contributed by atoms with van der Waals surface area (Å²) in [6.45, 7) is 3.50. The number of unbranched alkanes of at least 4 members (excludes halogenated alkanes) is 2. The van der Waals surface area contributed by atoms with Gasteiger partial charge in [0.1, 0.15) is 6.10 Å². The van der Waals surface area contributed by atoms with Crippen molar-refractivity contribution >= 4 is 0 Å². The monoisotopic (exact) mass is 175 g/mol. The number of aliphatic hydroxyl groups excluding tert-OH is 1. The summed E-state index contributed by atoms with van der Waals surface area (Å²) in [6.07, 6.45) is 2.72. The first-order valence-electron chi connectivity index (χ1n) is 4.41. The van der Waals surface area contributed by atoms with Crippen molar-refractivity contribution in [1.82, 2.24) is 0 Å². The Morgan fingerprint density at radius 1 is 1.50 bits per heavy atom. The lowest BCUT2D eigenvalue weighted by molar-refractivity contribution is -0.530. The Balaban J connectivity index is 3.56. The molecule has 2 atom stereocenters. The predicted octanol–water partition coefficient (Wildman–Crippen LogP) is 1.59. The molecule has 0 fully saturated rings. The second-order valence-corrected chi connectivity index (χ2v) is 3.09. The van der Waals surface area contributed by atoms with E-state index in [1.807, 2.05) is 0 Å². The van der Waals surface area contributed by atoms with E-state index in [1.54, 1.807) is 0 Å². The third-order valence-corrected chi connectivity index (χ3v) is 1.99. The Bertz CT molecular complexity index is 138. The molecule has 12 heavy (non-hydrogen) atoms. The molecule has 4 heteroatoms. The van der Waals surface area contributed by atoms with Crippen LogP contribution < -0.4 is 0 Å². The van der Waals surface area contributed by atoms with E-state index in [0.29, 0.717) is 6.42 Å². The molecule has 0 saturated heterocycles. The van der Waals surface area contributed by atoms with Crippen LogP contribution in [0, 0.1) is 10.1 Å². The average Bonchev–Trinajstić information content (AvgIpc) is 2.03. The van der Waals surface area contributed by atoms with Crippen molar-refractivity contribution in [2.45, 2.75) is 51.7 Å². The molecule has 2 unspecified atom stereocenters. The predicted molar refractivity (Wildman–Crippen MR) is 46.6 cm³/mol. The van der Waals surface area contributed by atoms with E-state index < -0.39 is 17.1 Å². The van der Waals surface area contributed by atoms with Gasteiger partial charge in [0.25, 0.3) is 0 Å². The summed E-state index contributed by atoms with van der Waals surface area (Å²) >= 11 is 0. The number of nitrogens with zero attached hydrogens (tertiary/aromatic N) is 1. The van der Waals surface area contributed by atoms with E-state index in [2.05, 4.69) is 6.92 Å². The van der Waals surface area contributed by atoms with E-state index in [4.69, 9.17) is 0 Å². The summed E-state index contributed by atoms with van der Waals surface area (Å²) in [5.74, 6) is 0. The van der Waals surface area contributed by atoms with Crippen molar-refractivity contribution in [3.05, 3.63) is 10.1 Å². The lowest BCUT2D eigenvalue weighted by atomic mass is 10.1. The maximum atomic E-state index is 10.2. The minimum Gasteiger partial charge on any atom is -0.386 e. The van der Waals surface area contributed by atoms with Crippen molar-refractivity contribution in [2.75, 3.05) is 0 Å². The van der Waals surface area contributed by atoms with Gasteiger partial charge in [-0.3, -0.25) is 10.1 Å². The van der Waals surface area contributed by atoms with Gasteiger partial charge in [-0.1, -0.05) is 26.2 Å². The highest BCUT2D eigenvalue weighted by Gasteiger charge is 2.22. The smallest absolute Gasteiger partial charge is 0.235 e. The Morgan fingerprint density at radius 3 is 2.50 bits per heavy atom. The Kier molecular flexibility index (Phi) is 5.62. The van der Waals surface area contributed by atoms with Gasteiger partial charge in [-0.25, -0.2) is 0 Å². The van der Waals surface area contributed by atoms with Gasteiger partial charge in [0.2, 0.25) is 6.04 Å². The van der Waals surface area contributed by atoms with Crippen LogP contribution in [0.1, 0.15) is 39.5 Å². The van der Waals surface area contributed by atoms with E-state index >= 15 is 0 Å². The quantitative estimate of drug-likeness (QED) is 0.379. The second kappa shape index (κ2) is 5.94. The van der Waals surface area contributed by atoms with Gasteiger partial charge in [-0.2, -0.15) is 0 Å². The van der Waals surface area contributed by atoms with E-state index in [-0.39, 0.29) is 0 Å². The van der Waals surface area contributed by atoms with Crippen LogP contribution in [0.2, 0.25) is 0 Å². The summed E-state index contributed by atoms with van der Waals surface area (Å²) in [6, 6.07) is -0.832. The van der Waals surface area contributed by atoms with Crippen molar-refractivity contribution in [2.24, 2.45) is 0 Å². The third kappa shape index (κ3) is 4.28. The molecule has 0 aliphatic rings. The van der Waals surface area contributed by atoms with Crippen molar-refractivity contribution in [3.63, 3.8) is 0 Å². The third-order valence-electron chi connectivity index (χ3n) is 1.99. The van der Waals surface area contributed by atoms with Crippen LogP contribution in [0.3, 0.4) is 0 Å². The van der Waals surface area contributed by atoms with E-state index in [0.717, 1.165) is 19.3 Å². The maximum absolute atomic E-state index is 10.2. The van der Waals surface area contributed by atoms with Gasteiger partial charge >= 0.3 is 0 Å². The summed E-state index contributed by atoms with van der Waals surface area (Å²) in [5, 5.41) is 19.5. The number of hydrogen-bond donors (Lipinski definition) is 1. The molecule has 0 amide bonds. The Labute approximate surface area is 72.7 Å². The fraction of sp³-hybridized carbons (Fsp3) is 1.00. The molecular weight excluding hydrogens is 158 g/mol. The normalized spacial score (nSPS) is 15.6. The van der Waals surface area contributed by atoms with Crippen molar-refractivity contribution in [3.8, 4) is 0 Å². The van der Waals surface area contributed by atoms with Crippen LogP contribution in [0.5, 0.6) is 0 Å². The zero-order valence-electron chi connectivity index (χ0n) is 7.69. The molecule has 0 saturated carbocycles. The topological polar surface area (TPSA) is 63.4 Å². The molecule has 0 heterocycles. The average molecular weight is 175 g/mol. The highest BCUT2D eigenvalue weighted by Crippen LogP contribution is 2.08. The summed E-state index contributed by atoms with van der Waals surface area (Å²) in [5.41, 5.74) is 0. The van der Waals surface area contributed by atoms with Crippen molar-refractivity contribution < 1.29 is 10.0 Å². The van der Waals surface area contributed by atoms with Gasteiger partial charge in [0.05, 0.1) is 0 Å². The number of hydrogen-bond acceptors (Lipinski definition) is 3. The summed E-state index contributed by atoms with van der Waals surface area (Å²) in [7, 11) is 0. The minimum atomic E-state index is -0.832. The standard InChI is InChI=1S/C8H17NO3/c1-3-4-5-6-8(10)7(2)9(11)12/h7-8,10H,3-6H2,1-2H3. The number of rotatable bonds is 6. The summed E-state index contributed by atoms with van der Waals surface area (Å²) in [4.78, 5) is 9.79. The van der Waals surface area contributed by atoms with Gasteiger partial charge in [0, 0.05) is 11.8 Å². The van der Waals surface area contributed by atoms with Crippen LogP contribution in [0.4, 0.5) is 0 Å². The Morgan fingerprint density at radius 2 is 2.08 bits per heavy atom. The number of nitro groups is 1. The number of aliphatic hydroxyl groups is 1. The molecular formula is C8H17NO3. The fourth-order valence-electron chi connectivity index (χ4n) is 0.985. The molecule has 0 rings (SSSR count). The highest BCUT2D eigenvalue weighted by molar-refractivity contribution is 4.62. The molecule has 4 nitrogen and oxygen atoms in total. The highest BCUT2D eigenvalue weighted by atomic mass is 16.6. The first-order chi connectivity index (χ1) is 5.59. The second-order valence-electron chi connectivity index (χ2n) is 3.09. The molecule has 1 N–H and O–H groups in total. The van der Waals surface area contributed by atoms with E-state index in [9.17, 15) is 15.2 Å². The molecule has 0 aromatic heterocycles. The molecule has 0 aromatic rings. The lowest BCUT2D eigenvalue weighted by Crippen LogP contribution is -2.30. The van der Waals surface area contributed by atoms with E-state index in [1.165, 1.54) is 6.92 Å². The molecule has 0 spiro atoms. The van der Waals surface area contributed by atoms with Gasteiger partial charge in [-0.05, 0) is 6.42 Å². The lowest BCUT2D eigenvalue weighted by Gasteiger charge is -2.11. The van der Waals surface area contributed by atoms with Crippen molar-refractivity contribution in [1.29, 1.82) is 0 Å². The molecule has 0 aliphatic heterocycles. The maximum Gasteiger partial charge on any atom is 0.235 e. The molecule has 0 aliphatic carbocycles. The van der Waals surface area contributed by atoms with Crippen LogP contribution >= 0.6 is 0 Å². The largest absolute Gasteiger partial charge is 0.386 e. The molecule has 0 aromatic carbocycles. The fourth-order valence-corrected chi connectivity index (χ4v) is 0.985. The van der Waals surface area contributed by atoms with Gasteiger partial charge < -0.3 is 5.11 Å². The Hall–Kier alpha value is -0.640. The minimum absolute atomic E-state index is 0.434. The zero-order chi connectivity index (χ0) is 9.56. The zero-order valence-corrected chi connectivity index (χ0v) is 7.69. The van der Waals surface area contributed by atoms with Gasteiger partial charge in [0.15, 0.2) is 0 Å². The van der Waals surface area contributed by atoms with Gasteiger partial charge in [-0.15, -0.1) is 0 Å². The van der Waals surface area contributed by atoms with Crippen LogP contribution in [0.15, 0.2) is 0 Å². The van der Waals surface area contributed by atoms with Crippen LogP contribution in [-0.4, -0.2) is 22.2 Å². The summed E-state index contributed by atoms with van der Waals surface area (Å²) < 4.78 is 0. The van der Waals surface area contributed by atoms with Crippen LogP contribution in [-0.2, 0) is 0 Å². The van der Waals surface area contributed by atoms with Crippen LogP contribution in [0.25, 0.3) is 0 Å². The first-order valence-corrected chi connectivity index (χ1v) is 4.41. The molecule has 72 valence electrons. The molecule has 0 bridgehead atoms.